The average molecular weight is 595 g/mol. The Hall–Kier alpha value is -4.41. The molecule has 1 heterocycles. The molecule has 4 amide bonds. The molecule has 2 aromatic carbocycles. The number of nitrogens with zero attached hydrogens (tertiary/aromatic N) is 2. The summed E-state index contributed by atoms with van der Waals surface area (Å²) in [6.07, 6.45) is -1.45. The third kappa shape index (κ3) is 9.56. The summed E-state index contributed by atoms with van der Waals surface area (Å²) in [4.78, 5) is 68.5. The fourth-order valence-corrected chi connectivity index (χ4v) is 4.67. The lowest BCUT2D eigenvalue weighted by Gasteiger charge is -2.31. The van der Waals surface area contributed by atoms with Crippen LogP contribution >= 0.6 is 0 Å². The van der Waals surface area contributed by atoms with Crippen LogP contribution in [0.25, 0.3) is 0 Å². The zero-order valence-corrected chi connectivity index (χ0v) is 25.7. The molecule has 0 aromatic heterocycles. The Morgan fingerprint density at radius 3 is 1.95 bits per heavy atom. The monoisotopic (exact) mass is 594 g/mol. The van der Waals surface area contributed by atoms with Gasteiger partial charge >= 0.3 is 12.1 Å². The first-order chi connectivity index (χ1) is 20.3. The van der Waals surface area contributed by atoms with Gasteiger partial charge in [0.05, 0.1) is 0 Å². The van der Waals surface area contributed by atoms with Crippen LogP contribution < -0.4 is 10.6 Å². The number of ether oxygens (including phenoxy) is 2. The lowest BCUT2D eigenvalue weighted by atomic mass is 9.96. The van der Waals surface area contributed by atoms with Gasteiger partial charge in [-0.2, -0.15) is 0 Å². The largest absolute Gasteiger partial charge is 0.458 e. The highest BCUT2D eigenvalue weighted by Crippen LogP contribution is 2.22. The van der Waals surface area contributed by atoms with Crippen LogP contribution in [-0.2, 0) is 41.7 Å². The Bertz CT molecular complexity index is 1280. The van der Waals surface area contributed by atoms with Gasteiger partial charge in [0.15, 0.2) is 0 Å². The minimum Gasteiger partial charge on any atom is -0.458 e. The zero-order valence-electron chi connectivity index (χ0n) is 25.7. The van der Waals surface area contributed by atoms with E-state index < -0.39 is 59.6 Å². The molecule has 0 radical (unpaired) electrons. The van der Waals surface area contributed by atoms with Gasteiger partial charge in [-0.15, -0.1) is 0 Å². The molecule has 11 heteroatoms. The smallest absolute Gasteiger partial charge is 0.408 e. The van der Waals surface area contributed by atoms with Crippen LogP contribution in [0, 0.1) is 5.92 Å². The molecule has 0 aliphatic carbocycles. The van der Waals surface area contributed by atoms with Crippen LogP contribution in [0.4, 0.5) is 4.79 Å². The van der Waals surface area contributed by atoms with E-state index in [1.54, 1.807) is 34.6 Å². The normalized spacial score (nSPS) is 17.8. The summed E-state index contributed by atoms with van der Waals surface area (Å²) >= 11 is 0. The van der Waals surface area contributed by atoms with Crippen molar-refractivity contribution >= 4 is 29.8 Å². The standard InChI is InChI=1S/C32H42N4O7/c1-21(33-31(41)42-20-25-15-11-8-12-16-25)27(37)34-23(3)36-18-17-35(22(2)30(40)43-32(4,5)6)28(38)26(29(36)39)19-24-13-9-7-10-14-24/h7-16,21-23,26H,17-20H2,1-6H3,(H,33,41)(H,34,37)/t21?,22-,23+,26?/m0/s1. The first kappa shape index (κ1) is 33.1. The van der Waals surface area contributed by atoms with Crippen LogP contribution in [0.2, 0.25) is 0 Å². The molecule has 1 aliphatic heterocycles. The van der Waals surface area contributed by atoms with Gasteiger partial charge < -0.3 is 29.9 Å². The van der Waals surface area contributed by atoms with Crippen LogP contribution in [0.1, 0.15) is 52.7 Å². The lowest BCUT2D eigenvalue weighted by Crippen LogP contribution is -2.55. The van der Waals surface area contributed by atoms with E-state index in [0.717, 1.165) is 11.1 Å². The number of hydrogen-bond donors (Lipinski definition) is 2. The number of amides is 4. The van der Waals surface area contributed by atoms with Crippen LogP contribution in [0.5, 0.6) is 0 Å². The number of alkyl carbamates (subject to hydrolysis) is 1. The van der Waals surface area contributed by atoms with E-state index in [9.17, 15) is 24.0 Å². The zero-order chi connectivity index (χ0) is 31.7. The summed E-state index contributed by atoms with van der Waals surface area (Å²) in [5.41, 5.74) is 0.838. The van der Waals surface area contributed by atoms with E-state index in [4.69, 9.17) is 9.47 Å². The number of nitrogens with one attached hydrogen (secondary N) is 2. The summed E-state index contributed by atoms with van der Waals surface area (Å²) in [5, 5.41) is 5.25. The highest BCUT2D eigenvalue weighted by atomic mass is 16.6. The Morgan fingerprint density at radius 1 is 0.837 bits per heavy atom. The fraction of sp³-hybridized carbons (Fsp3) is 0.469. The molecule has 2 unspecified atom stereocenters. The first-order valence-corrected chi connectivity index (χ1v) is 14.4. The Balaban J connectivity index is 1.71. The molecule has 0 bridgehead atoms. The molecule has 232 valence electrons. The highest BCUT2D eigenvalue weighted by molar-refractivity contribution is 6.02. The van der Waals surface area contributed by atoms with Gasteiger partial charge in [0.2, 0.25) is 17.7 Å². The number of benzene rings is 2. The molecule has 0 spiro atoms. The molecule has 43 heavy (non-hydrogen) atoms. The molecular weight excluding hydrogens is 552 g/mol. The quantitative estimate of drug-likeness (QED) is 0.319. The third-order valence-corrected chi connectivity index (χ3v) is 7.00. The Kier molecular flexibility index (Phi) is 11.3. The van der Waals surface area contributed by atoms with Gasteiger partial charge in [0.1, 0.15) is 36.4 Å². The van der Waals surface area contributed by atoms with Crippen molar-refractivity contribution in [2.45, 2.75) is 78.4 Å². The fourth-order valence-electron chi connectivity index (χ4n) is 4.67. The van der Waals surface area contributed by atoms with Crippen molar-refractivity contribution in [3.63, 3.8) is 0 Å². The van der Waals surface area contributed by atoms with Crippen LogP contribution in [0.15, 0.2) is 60.7 Å². The molecule has 1 saturated heterocycles. The first-order valence-electron chi connectivity index (χ1n) is 14.4. The van der Waals surface area contributed by atoms with Crippen LogP contribution in [-0.4, -0.2) is 76.5 Å². The van der Waals surface area contributed by atoms with Crippen molar-refractivity contribution < 1.29 is 33.4 Å². The van der Waals surface area contributed by atoms with E-state index in [0.29, 0.717) is 0 Å². The summed E-state index contributed by atoms with van der Waals surface area (Å²) in [6.45, 7) is 10.1. The van der Waals surface area contributed by atoms with Crippen molar-refractivity contribution in [1.82, 2.24) is 20.4 Å². The predicted molar refractivity (Wildman–Crippen MR) is 159 cm³/mol. The Labute approximate surface area is 252 Å². The second-order valence-corrected chi connectivity index (χ2v) is 11.6. The average Bonchev–Trinajstić information content (AvgIpc) is 3.07. The van der Waals surface area contributed by atoms with Gasteiger partial charge in [-0.05, 0) is 59.1 Å². The molecular formula is C32H42N4O7. The molecule has 11 nitrogen and oxygen atoms in total. The van der Waals surface area contributed by atoms with Crippen molar-refractivity contribution in [3.05, 3.63) is 71.8 Å². The number of carbonyl (C=O) groups excluding carboxylic acids is 5. The minimum atomic E-state index is -1.11. The maximum absolute atomic E-state index is 13.8. The van der Waals surface area contributed by atoms with Crippen molar-refractivity contribution in [2.75, 3.05) is 13.1 Å². The third-order valence-electron chi connectivity index (χ3n) is 7.00. The second-order valence-electron chi connectivity index (χ2n) is 11.6. The number of carbonyl (C=O) groups is 5. The van der Waals surface area contributed by atoms with E-state index in [-0.39, 0.29) is 26.1 Å². The molecule has 0 saturated carbocycles. The van der Waals surface area contributed by atoms with Gasteiger partial charge in [0.25, 0.3) is 0 Å². The minimum absolute atomic E-state index is 0.0503. The van der Waals surface area contributed by atoms with Crippen LogP contribution in [0.3, 0.4) is 0 Å². The van der Waals surface area contributed by atoms with E-state index >= 15 is 0 Å². The van der Waals surface area contributed by atoms with Gasteiger partial charge in [-0.1, -0.05) is 60.7 Å². The van der Waals surface area contributed by atoms with Gasteiger partial charge in [0, 0.05) is 13.1 Å². The summed E-state index contributed by atoms with van der Waals surface area (Å²) in [7, 11) is 0. The predicted octanol–water partition coefficient (Wildman–Crippen LogP) is 3.02. The highest BCUT2D eigenvalue weighted by Gasteiger charge is 2.42. The summed E-state index contributed by atoms with van der Waals surface area (Å²) in [5.74, 6) is -3.17. The number of esters is 1. The van der Waals surface area contributed by atoms with Gasteiger partial charge in [-0.3, -0.25) is 14.4 Å². The van der Waals surface area contributed by atoms with Crippen molar-refractivity contribution in [1.29, 1.82) is 0 Å². The molecule has 2 N–H and O–H groups in total. The van der Waals surface area contributed by atoms with Crippen molar-refractivity contribution in [2.24, 2.45) is 5.92 Å². The van der Waals surface area contributed by atoms with E-state index in [2.05, 4.69) is 10.6 Å². The lowest BCUT2D eigenvalue weighted by molar-refractivity contribution is -0.165. The number of hydrogen-bond acceptors (Lipinski definition) is 7. The SMILES string of the molecule is CC(NC(=O)OCc1ccccc1)C(=O)N[C@@H](C)N1CCN([C@@H](C)C(=O)OC(C)(C)C)C(=O)C(Cc2ccccc2)C1=O. The topological polar surface area (TPSA) is 134 Å². The second kappa shape index (κ2) is 14.7. The van der Waals surface area contributed by atoms with E-state index in [1.807, 2.05) is 60.7 Å². The molecule has 3 rings (SSSR count). The van der Waals surface area contributed by atoms with E-state index in [1.165, 1.54) is 16.7 Å². The maximum Gasteiger partial charge on any atom is 0.408 e. The molecule has 2 aromatic rings. The maximum atomic E-state index is 13.8. The molecule has 4 atom stereocenters. The summed E-state index contributed by atoms with van der Waals surface area (Å²) < 4.78 is 10.7. The molecule has 1 aliphatic rings. The number of rotatable bonds is 10. The molecule has 1 fully saturated rings. The Morgan fingerprint density at radius 2 is 1.37 bits per heavy atom. The van der Waals surface area contributed by atoms with Gasteiger partial charge in [-0.25, -0.2) is 9.59 Å². The van der Waals surface area contributed by atoms with Crippen molar-refractivity contribution in [3.8, 4) is 0 Å². The summed E-state index contributed by atoms with van der Waals surface area (Å²) in [6, 6.07) is 16.4.